The van der Waals surface area contributed by atoms with Crippen molar-refractivity contribution in [2.75, 3.05) is 32.8 Å². The lowest BCUT2D eigenvalue weighted by molar-refractivity contribution is -0.153. The van der Waals surface area contributed by atoms with Crippen molar-refractivity contribution in [1.29, 1.82) is 0 Å². The maximum Gasteiger partial charge on any atom is 0.422 e. The molecule has 0 bridgehead atoms. The molecule has 258 valence electrons. The van der Waals surface area contributed by atoms with Crippen LogP contribution >= 0.6 is 0 Å². The quantitative estimate of drug-likeness (QED) is 0.134. The zero-order chi connectivity index (χ0) is 35.5. The number of fused-ring (bicyclic) bond motifs is 1. The molecule has 8 nitrogen and oxygen atoms in total. The fourth-order valence-electron chi connectivity index (χ4n) is 5.40. The molecule has 0 unspecified atom stereocenters. The van der Waals surface area contributed by atoms with Gasteiger partial charge in [0.1, 0.15) is 22.9 Å². The fourth-order valence-corrected chi connectivity index (χ4v) is 5.40. The summed E-state index contributed by atoms with van der Waals surface area (Å²) in [6.45, 7) is 1.58. The van der Waals surface area contributed by atoms with Crippen LogP contribution in [0.5, 0.6) is 17.4 Å². The van der Waals surface area contributed by atoms with Gasteiger partial charge in [0, 0.05) is 56.8 Å². The Labute approximate surface area is 282 Å². The molecule has 50 heavy (non-hydrogen) atoms. The summed E-state index contributed by atoms with van der Waals surface area (Å²) in [6.07, 6.45) is -6.02. The molecular formula is C36H29F6N5O3. The van der Waals surface area contributed by atoms with Crippen LogP contribution in [-0.2, 0) is 19.8 Å². The molecule has 0 saturated carbocycles. The van der Waals surface area contributed by atoms with Crippen molar-refractivity contribution in [3.63, 3.8) is 0 Å². The summed E-state index contributed by atoms with van der Waals surface area (Å²) in [5, 5.41) is 0.851. The van der Waals surface area contributed by atoms with Gasteiger partial charge < -0.3 is 18.9 Å². The van der Waals surface area contributed by atoms with Crippen molar-refractivity contribution in [2.45, 2.75) is 18.9 Å². The molecule has 2 aromatic heterocycles. The zero-order valence-corrected chi connectivity index (χ0v) is 26.6. The lowest BCUT2D eigenvalue weighted by atomic mass is 10.1. The van der Waals surface area contributed by atoms with E-state index in [0.29, 0.717) is 55.4 Å². The number of aryl methyl sites for hydroxylation is 1. The first-order valence-corrected chi connectivity index (χ1v) is 15.4. The van der Waals surface area contributed by atoms with Gasteiger partial charge in [0.2, 0.25) is 5.88 Å². The minimum atomic E-state index is -4.42. The Bertz CT molecular complexity index is 2020. The SMILES string of the molecule is Cn1c(C(=O)N2CCN(Cc3ccc(OCC(F)(F)F)cc3)CC2)cc2ccc(Oc3cnc(C#Cc4ccc(C(F)(F)F)cc4)cn3)cc21. The van der Waals surface area contributed by atoms with Gasteiger partial charge in [0.15, 0.2) is 6.61 Å². The van der Waals surface area contributed by atoms with Crippen LogP contribution in [0.3, 0.4) is 0 Å². The first-order chi connectivity index (χ1) is 23.8. The summed E-state index contributed by atoms with van der Waals surface area (Å²) in [5.74, 6) is 6.27. The third-order valence-electron chi connectivity index (χ3n) is 8.03. The molecule has 5 aromatic rings. The summed E-state index contributed by atoms with van der Waals surface area (Å²) >= 11 is 0. The average molecular weight is 694 g/mol. The van der Waals surface area contributed by atoms with Crippen molar-refractivity contribution in [3.8, 4) is 29.2 Å². The molecule has 3 aromatic carbocycles. The molecule has 0 aliphatic carbocycles. The maximum atomic E-state index is 13.5. The monoisotopic (exact) mass is 693 g/mol. The van der Waals surface area contributed by atoms with Crippen LogP contribution in [0, 0.1) is 11.8 Å². The number of alkyl halides is 6. The number of rotatable bonds is 7. The normalized spacial score (nSPS) is 13.9. The second-order valence-corrected chi connectivity index (χ2v) is 11.6. The van der Waals surface area contributed by atoms with Gasteiger partial charge in [-0.3, -0.25) is 9.69 Å². The molecule has 1 saturated heterocycles. The average Bonchev–Trinajstić information content (AvgIpc) is 3.42. The highest BCUT2D eigenvalue weighted by Crippen LogP contribution is 2.30. The summed E-state index contributed by atoms with van der Waals surface area (Å²) in [7, 11) is 1.81. The molecule has 1 amide bonds. The molecule has 1 fully saturated rings. The summed E-state index contributed by atoms with van der Waals surface area (Å²) in [6, 6.07) is 18.3. The molecule has 0 spiro atoms. The van der Waals surface area contributed by atoms with Gasteiger partial charge in [-0.2, -0.15) is 26.3 Å². The predicted molar refractivity (Wildman–Crippen MR) is 172 cm³/mol. The van der Waals surface area contributed by atoms with Crippen LogP contribution in [0.1, 0.15) is 32.9 Å². The Hall–Kier alpha value is -5.55. The fraction of sp³-hybridized carbons (Fsp3) is 0.250. The minimum Gasteiger partial charge on any atom is -0.484 e. The number of piperazine rings is 1. The molecular weight excluding hydrogens is 664 g/mol. The van der Waals surface area contributed by atoms with Gasteiger partial charge in [-0.1, -0.05) is 18.1 Å². The second-order valence-electron chi connectivity index (χ2n) is 11.6. The number of hydrogen-bond acceptors (Lipinski definition) is 6. The number of amides is 1. The zero-order valence-electron chi connectivity index (χ0n) is 26.6. The van der Waals surface area contributed by atoms with Crippen LogP contribution in [0.2, 0.25) is 0 Å². The number of benzene rings is 3. The number of carbonyl (C=O) groups is 1. The second kappa shape index (κ2) is 14.1. The summed E-state index contributed by atoms with van der Waals surface area (Å²) in [4.78, 5) is 25.9. The highest BCUT2D eigenvalue weighted by atomic mass is 19.4. The van der Waals surface area contributed by atoms with Crippen molar-refractivity contribution in [3.05, 3.63) is 113 Å². The lowest BCUT2D eigenvalue weighted by Crippen LogP contribution is -2.48. The van der Waals surface area contributed by atoms with Crippen LogP contribution in [0.25, 0.3) is 10.9 Å². The number of nitrogens with zero attached hydrogens (tertiary/aromatic N) is 5. The first kappa shape index (κ1) is 34.3. The summed E-state index contributed by atoms with van der Waals surface area (Å²) in [5.41, 5.74) is 2.20. The minimum absolute atomic E-state index is 0.101. The van der Waals surface area contributed by atoms with E-state index in [9.17, 15) is 31.1 Å². The molecule has 14 heteroatoms. The molecule has 0 radical (unpaired) electrons. The maximum absolute atomic E-state index is 13.5. The van der Waals surface area contributed by atoms with Gasteiger partial charge in [0.25, 0.3) is 5.91 Å². The smallest absolute Gasteiger partial charge is 0.422 e. The first-order valence-electron chi connectivity index (χ1n) is 15.4. The Morgan fingerprint density at radius 2 is 1.52 bits per heavy atom. The Kier molecular flexibility index (Phi) is 9.70. The lowest BCUT2D eigenvalue weighted by Gasteiger charge is -2.34. The van der Waals surface area contributed by atoms with Crippen molar-refractivity contribution >= 4 is 16.8 Å². The van der Waals surface area contributed by atoms with Crippen LogP contribution < -0.4 is 9.47 Å². The van der Waals surface area contributed by atoms with E-state index in [1.807, 2.05) is 23.7 Å². The molecule has 6 rings (SSSR count). The number of aromatic nitrogens is 3. The number of ether oxygens (including phenoxy) is 2. The van der Waals surface area contributed by atoms with E-state index < -0.39 is 24.5 Å². The summed E-state index contributed by atoms with van der Waals surface area (Å²) < 4.78 is 87.9. The van der Waals surface area contributed by atoms with Crippen LogP contribution in [0.4, 0.5) is 26.3 Å². The highest BCUT2D eigenvalue weighted by molar-refractivity contribution is 5.99. The number of carbonyl (C=O) groups excluding carboxylic acids is 1. The molecule has 0 atom stereocenters. The third kappa shape index (κ3) is 8.53. The van der Waals surface area contributed by atoms with Gasteiger partial charge in [-0.05, 0) is 66.1 Å². The van der Waals surface area contributed by atoms with E-state index >= 15 is 0 Å². The number of halogens is 6. The number of hydrogen-bond donors (Lipinski definition) is 0. The van der Waals surface area contributed by atoms with E-state index in [-0.39, 0.29) is 17.5 Å². The topological polar surface area (TPSA) is 72.7 Å². The van der Waals surface area contributed by atoms with E-state index in [0.717, 1.165) is 28.6 Å². The highest BCUT2D eigenvalue weighted by Gasteiger charge is 2.30. The molecule has 1 aliphatic rings. The van der Waals surface area contributed by atoms with Gasteiger partial charge >= 0.3 is 12.4 Å². The van der Waals surface area contributed by atoms with E-state index in [1.54, 1.807) is 29.2 Å². The molecule has 3 heterocycles. The van der Waals surface area contributed by atoms with E-state index in [2.05, 4.69) is 26.7 Å². The predicted octanol–water partition coefficient (Wildman–Crippen LogP) is 7.08. The van der Waals surface area contributed by atoms with Crippen LogP contribution in [-0.4, -0.2) is 69.2 Å². The van der Waals surface area contributed by atoms with Gasteiger partial charge in [0.05, 0.1) is 23.5 Å². The van der Waals surface area contributed by atoms with E-state index in [4.69, 9.17) is 9.47 Å². The molecule has 1 aliphatic heterocycles. The Morgan fingerprint density at radius 3 is 2.16 bits per heavy atom. The van der Waals surface area contributed by atoms with Crippen molar-refractivity contribution in [1.82, 2.24) is 24.3 Å². The largest absolute Gasteiger partial charge is 0.484 e. The molecule has 0 N–H and O–H groups in total. The van der Waals surface area contributed by atoms with Gasteiger partial charge in [-0.15, -0.1) is 0 Å². The van der Waals surface area contributed by atoms with E-state index in [1.165, 1.54) is 36.7 Å². The van der Waals surface area contributed by atoms with Crippen molar-refractivity contribution < 1.29 is 40.6 Å². The standard InChI is InChI=1S/C36H29F6N5O3/c1-45-31-19-30(50-33-21-43-28(20-44-33)10-4-24-2-8-27(9-3-24)36(40,41)42)13-7-26(31)18-32(45)34(48)47-16-14-46(15-17-47)22-25-5-11-29(12-6-25)49-23-35(37,38)39/h2-3,5-9,11-13,18-21H,14-17,22-23H2,1H3. The Morgan fingerprint density at radius 1 is 0.820 bits per heavy atom. The van der Waals surface area contributed by atoms with Gasteiger partial charge in [-0.25, -0.2) is 9.97 Å². The Balaban J connectivity index is 1.03. The third-order valence-corrected chi connectivity index (χ3v) is 8.03. The van der Waals surface area contributed by atoms with Crippen molar-refractivity contribution in [2.24, 2.45) is 7.05 Å². The van der Waals surface area contributed by atoms with Crippen LogP contribution in [0.15, 0.2) is 85.2 Å².